The quantitative estimate of drug-likeness (QED) is 0.339. The fourth-order valence-corrected chi connectivity index (χ4v) is 2.82. The zero-order valence-corrected chi connectivity index (χ0v) is 18.2. The fourth-order valence-electron chi connectivity index (χ4n) is 2.52. The van der Waals surface area contributed by atoms with Gasteiger partial charge in [0.15, 0.2) is 15.8 Å². The average Bonchev–Trinajstić information content (AvgIpc) is 2.41. The Morgan fingerprint density at radius 1 is 1.42 bits per heavy atom. The summed E-state index contributed by atoms with van der Waals surface area (Å²) in [4.78, 5) is 17.7. The van der Waals surface area contributed by atoms with E-state index >= 15 is 0 Å². The molecule has 0 aliphatic carbocycles. The lowest BCUT2D eigenvalue weighted by Crippen LogP contribution is -2.48. The van der Waals surface area contributed by atoms with Gasteiger partial charge in [0.05, 0.1) is 11.3 Å². The Labute approximate surface area is 162 Å². The van der Waals surface area contributed by atoms with Crippen molar-refractivity contribution in [2.75, 3.05) is 32.4 Å². The number of halogens is 1. The predicted octanol–water partition coefficient (Wildman–Crippen LogP) is 0.981. The smallest absolute Gasteiger partial charge is 0.217 e. The number of hydrogen-bond donors (Lipinski definition) is 2. The van der Waals surface area contributed by atoms with Gasteiger partial charge in [0.25, 0.3) is 0 Å². The van der Waals surface area contributed by atoms with Crippen molar-refractivity contribution in [3.63, 3.8) is 0 Å². The number of amides is 1. The van der Waals surface area contributed by atoms with Gasteiger partial charge in [-0.2, -0.15) is 0 Å². The van der Waals surface area contributed by atoms with Crippen LogP contribution in [0.3, 0.4) is 0 Å². The zero-order valence-electron chi connectivity index (χ0n) is 15.0. The first kappa shape index (κ1) is 23.4. The number of carbonyl (C=O) groups is 1. The Morgan fingerprint density at radius 3 is 2.54 bits per heavy atom. The largest absolute Gasteiger partial charge is 0.370 e. The molecule has 1 saturated heterocycles. The second-order valence-corrected chi connectivity index (χ2v) is 9.48. The molecule has 0 saturated carbocycles. The van der Waals surface area contributed by atoms with Gasteiger partial charge in [-0.15, -0.1) is 24.0 Å². The maximum atomic E-state index is 11.8. The van der Waals surface area contributed by atoms with Crippen LogP contribution in [0.5, 0.6) is 0 Å². The number of carbonyl (C=O) groups excluding carboxylic acids is 1. The molecular weight excluding hydrogens is 443 g/mol. The van der Waals surface area contributed by atoms with Crippen LogP contribution in [-0.4, -0.2) is 62.4 Å². The number of guanidine groups is 1. The number of piperidine rings is 1. The molecule has 142 valence electrons. The topological polar surface area (TPSA) is 105 Å². The highest BCUT2D eigenvalue weighted by molar-refractivity contribution is 14.0. The molecule has 0 aromatic rings. The molecule has 1 rings (SSSR count). The number of sulfone groups is 1. The number of nitrogens with two attached hydrogens (primary N) is 1. The Hall–Kier alpha value is -0.580. The van der Waals surface area contributed by atoms with E-state index in [1.165, 1.54) is 6.26 Å². The van der Waals surface area contributed by atoms with Gasteiger partial charge in [-0.1, -0.05) is 0 Å². The normalized spacial score (nSPS) is 19.6. The first-order valence-electron chi connectivity index (χ1n) is 8.08. The molecule has 9 heteroatoms. The minimum absolute atomic E-state index is 0. The molecule has 3 N–H and O–H groups in total. The van der Waals surface area contributed by atoms with Gasteiger partial charge in [0.1, 0.15) is 0 Å². The summed E-state index contributed by atoms with van der Waals surface area (Å²) in [6, 6.07) is 0. The molecule has 0 bridgehead atoms. The summed E-state index contributed by atoms with van der Waals surface area (Å²) >= 11 is 0. The SMILES string of the molecule is CCNC(=NCC(C)(C)S(C)(=O)=O)N1CCCC(CC(N)=O)C1.I. The van der Waals surface area contributed by atoms with E-state index in [0.717, 1.165) is 19.4 Å². The van der Waals surface area contributed by atoms with E-state index < -0.39 is 14.6 Å². The molecule has 1 aliphatic rings. The Bertz CT molecular complexity index is 549. The van der Waals surface area contributed by atoms with Crippen LogP contribution in [0.25, 0.3) is 0 Å². The van der Waals surface area contributed by atoms with E-state index in [4.69, 9.17) is 5.73 Å². The lowest BCUT2D eigenvalue weighted by molar-refractivity contribution is -0.119. The third-order valence-corrected chi connectivity index (χ3v) is 6.39. The number of rotatable bonds is 6. The molecule has 1 unspecified atom stereocenters. The molecule has 0 aromatic carbocycles. The Morgan fingerprint density at radius 2 is 2.04 bits per heavy atom. The summed E-state index contributed by atoms with van der Waals surface area (Å²) in [6.45, 7) is 7.81. The third kappa shape index (κ3) is 7.12. The fraction of sp³-hybridized carbons (Fsp3) is 0.867. The molecule has 1 fully saturated rings. The number of aliphatic imine (C=N–C) groups is 1. The van der Waals surface area contributed by atoms with Crippen LogP contribution in [-0.2, 0) is 14.6 Å². The lowest BCUT2D eigenvalue weighted by Gasteiger charge is -2.35. The number of nitrogens with zero attached hydrogens (tertiary/aromatic N) is 2. The minimum atomic E-state index is -3.18. The van der Waals surface area contributed by atoms with Crippen LogP contribution in [0.15, 0.2) is 4.99 Å². The number of primary amides is 1. The van der Waals surface area contributed by atoms with Crippen LogP contribution in [0.1, 0.15) is 40.0 Å². The summed E-state index contributed by atoms with van der Waals surface area (Å²) in [5.74, 6) is 0.656. The predicted molar refractivity (Wildman–Crippen MR) is 108 cm³/mol. The first-order chi connectivity index (χ1) is 10.6. The minimum Gasteiger partial charge on any atom is -0.370 e. The van der Waals surface area contributed by atoms with Gasteiger partial charge in [-0.25, -0.2) is 8.42 Å². The van der Waals surface area contributed by atoms with Gasteiger partial charge in [0.2, 0.25) is 5.91 Å². The summed E-state index contributed by atoms with van der Waals surface area (Å²) in [7, 11) is -3.18. The van der Waals surface area contributed by atoms with Crippen LogP contribution in [0.4, 0.5) is 0 Å². The molecule has 0 spiro atoms. The number of nitrogens with one attached hydrogen (secondary N) is 1. The molecular formula is C15H31IN4O3S. The molecule has 1 amide bonds. The molecule has 1 atom stereocenters. The highest BCUT2D eigenvalue weighted by atomic mass is 127. The standard InChI is InChI=1S/C15H30N4O3S.HI/c1-5-17-14(18-11-15(2,3)23(4,21)22)19-8-6-7-12(10-19)9-13(16)20;/h12H,5-11H2,1-4H3,(H2,16,20)(H,17,18);1H. The van der Waals surface area contributed by atoms with Crippen molar-refractivity contribution in [1.82, 2.24) is 10.2 Å². The van der Waals surface area contributed by atoms with E-state index in [9.17, 15) is 13.2 Å². The van der Waals surface area contributed by atoms with Crippen molar-refractivity contribution in [1.29, 1.82) is 0 Å². The number of likely N-dealkylation sites (tertiary alicyclic amines) is 1. The van der Waals surface area contributed by atoms with E-state index in [1.807, 2.05) is 6.92 Å². The lowest BCUT2D eigenvalue weighted by atomic mass is 9.95. The monoisotopic (exact) mass is 474 g/mol. The van der Waals surface area contributed by atoms with Gasteiger partial charge in [0, 0.05) is 32.3 Å². The van der Waals surface area contributed by atoms with Crippen LogP contribution in [0, 0.1) is 5.92 Å². The maximum Gasteiger partial charge on any atom is 0.217 e. The van der Waals surface area contributed by atoms with Gasteiger partial charge in [-0.3, -0.25) is 9.79 Å². The van der Waals surface area contributed by atoms with E-state index in [2.05, 4.69) is 15.2 Å². The molecule has 24 heavy (non-hydrogen) atoms. The first-order valence-corrected chi connectivity index (χ1v) is 9.97. The van der Waals surface area contributed by atoms with Crippen molar-refractivity contribution in [3.8, 4) is 0 Å². The van der Waals surface area contributed by atoms with Gasteiger partial charge >= 0.3 is 0 Å². The summed E-state index contributed by atoms with van der Waals surface area (Å²) in [5, 5.41) is 3.22. The second-order valence-electron chi connectivity index (χ2n) is 6.83. The molecule has 0 aromatic heterocycles. The van der Waals surface area contributed by atoms with Crippen molar-refractivity contribution in [2.45, 2.75) is 44.8 Å². The Balaban J connectivity index is 0.00000529. The third-order valence-electron chi connectivity index (χ3n) is 4.26. The zero-order chi connectivity index (χ0) is 17.7. The maximum absolute atomic E-state index is 11.8. The highest BCUT2D eigenvalue weighted by Crippen LogP contribution is 2.20. The molecule has 1 aliphatic heterocycles. The van der Waals surface area contributed by atoms with Crippen molar-refractivity contribution >= 4 is 45.7 Å². The second kappa shape index (κ2) is 9.79. The van der Waals surface area contributed by atoms with Gasteiger partial charge < -0.3 is 16.0 Å². The van der Waals surface area contributed by atoms with E-state index in [0.29, 0.717) is 25.5 Å². The van der Waals surface area contributed by atoms with Crippen molar-refractivity contribution in [2.24, 2.45) is 16.6 Å². The van der Waals surface area contributed by atoms with Crippen LogP contribution < -0.4 is 11.1 Å². The average molecular weight is 474 g/mol. The number of hydrogen-bond acceptors (Lipinski definition) is 4. The van der Waals surface area contributed by atoms with E-state index in [1.54, 1.807) is 13.8 Å². The molecule has 7 nitrogen and oxygen atoms in total. The highest BCUT2D eigenvalue weighted by Gasteiger charge is 2.31. The molecule has 0 radical (unpaired) electrons. The van der Waals surface area contributed by atoms with Crippen LogP contribution >= 0.6 is 24.0 Å². The van der Waals surface area contributed by atoms with E-state index in [-0.39, 0.29) is 42.3 Å². The Kier molecular flexibility index (Phi) is 9.55. The van der Waals surface area contributed by atoms with Crippen molar-refractivity contribution < 1.29 is 13.2 Å². The summed E-state index contributed by atoms with van der Waals surface area (Å²) in [5.41, 5.74) is 5.30. The van der Waals surface area contributed by atoms with Gasteiger partial charge in [-0.05, 0) is 39.5 Å². The summed E-state index contributed by atoms with van der Waals surface area (Å²) < 4.78 is 22.7. The summed E-state index contributed by atoms with van der Waals surface area (Å²) in [6.07, 6.45) is 3.56. The van der Waals surface area contributed by atoms with Crippen LogP contribution in [0.2, 0.25) is 0 Å². The van der Waals surface area contributed by atoms with Crippen molar-refractivity contribution in [3.05, 3.63) is 0 Å². The molecule has 1 heterocycles.